The fourth-order valence-corrected chi connectivity index (χ4v) is 1.40. The molecule has 1 rings (SSSR count). The van der Waals surface area contributed by atoms with Crippen LogP contribution in [-0.2, 0) is 4.79 Å². The number of benzene rings is 1. The second-order valence-corrected chi connectivity index (χ2v) is 4.24. The number of likely N-dealkylation sites (N-methyl/N-ethyl adjacent to an activating group) is 1. The Labute approximate surface area is 108 Å². The standard InChI is InChI=1S/C13H21N3O2/c1-16(2)8-7-14-13(17)10-15-11-5-4-6-12(9-11)18-3/h4-6,9,15H,7-8,10H2,1-3H3,(H,14,17). The Morgan fingerprint density at radius 3 is 2.83 bits per heavy atom. The molecule has 0 atom stereocenters. The average molecular weight is 251 g/mol. The van der Waals surface area contributed by atoms with E-state index >= 15 is 0 Å². The third-order valence-corrected chi connectivity index (χ3v) is 2.40. The summed E-state index contributed by atoms with van der Waals surface area (Å²) in [4.78, 5) is 13.6. The number of carbonyl (C=O) groups excluding carboxylic acids is 1. The monoisotopic (exact) mass is 251 g/mol. The fraction of sp³-hybridized carbons (Fsp3) is 0.462. The van der Waals surface area contributed by atoms with Crippen LogP contribution in [0.25, 0.3) is 0 Å². The van der Waals surface area contributed by atoms with Crippen molar-refractivity contribution in [2.45, 2.75) is 0 Å². The molecular weight excluding hydrogens is 230 g/mol. The van der Waals surface area contributed by atoms with Gasteiger partial charge in [-0.1, -0.05) is 6.07 Å². The van der Waals surface area contributed by atoms with E-state index in [-0.39, 0.29) is 12.5 Å². The van der Waals surface area contributed by atoms with Gasteiger partial charge in [-0.05, 0) is 26.2 Å². The number of ether oxygens (including phenoxy) is 1. The first-order valence-electron chi connectivity index (χ1n) is 5.91. The van der Waals surface area contributed by atoms with Crippen LogP contribution in [0, 0.1) is 0 Å². The number of hydrogen-bond donors (Lipinski definition) is 2. The van der Waals surface area contributed by atoms with Gasteiger partial charge in [0.05, 0.1) is 13.7 Å². The van der Waals surface area contributed by atoms with Crippen LogP contribution in [0.15, 0.2) is 24.3 Å². The summed E-state index contributed by atoms with van der Waals surface area (Å²) in [6, 6.07) is 7.50. The number of rotatable bonds is 7. The smallest absolute Gasteiger partial charge is 0.239 e. The molecule has 5 heteroatoms. The van der Waals surface area contributed by atoms with Gasteiger partial charge in [0.15, 0.2) is 0 Å². The first kappa shape index (κ1) is 14.3. The molecule has 0 aliphatic heterocycles. The predicted molar refractivity (Wildman–Crippen MR) is 73.0 cm³/mol. The van der Waals surface area contributed by atoms with Crippen LogP contribution in [-0.4, -0.2) is 51.6 Å². The van der Waals surface area contributed by atoms with E-state index in [1.165, 1.54) is 0 Å². The molecule has 0 radical (unpaired) electrons. The van der Waals surface area contributed by atoms with E-state index in [2.05, 4.69) is 10.6 Å². The second kappa shape index (κ2) is 7.55. The summed E-state index contributed by atoms with van der Waals surface area (Å²) in [5.41, 5.74) is 0.872. The summed E-state index contributed by atoms with van der Waals surface area (Å²) < 4.78 is 5.11. The molecule has 0 fully saturated rings. The van der Waals surface area contributed by atoms with Gasteiger partial charge < -0.3 is 20.3 Å². The Morgan fingerprint density at radius 2 is 2.17 bits per heavy atom. The van der Waals surface area contributed by atoms with E-state index in [0.717, 1.165) is 18.0 Å². The highest BCUT2D eigenvalue weighted by Gasteiger charge is 2.01. The molecule has 18 heavy (non-hydrogen) atoms. The maximum atomic E-state index is 11.5. The number of nitrogens with zero attached hydrogens (tertiary/aromatic N) is 1. The van der Waals surface area contributed by atoms with Gasteiger partial charge in [0, 0.05) is 24.8 Å². The number of nitrogens with one attached hydrogen (secondary N) is 2. The van der Waals surface area contributed by atoms with Crippen molar-refractivity contribution >= 4 is 11.6 Å². The largest absolute Gasteiger partial charge is 0.497 e. The van der Waals surface area contributed by atoms with Crippen molar-refractivity contribution in [1.29, 1.82) is 0 Å². The lowest BCUT2D eigenvalue weighted by Gasteiger charge is -2.11. The summed E-state index contributed by atoms with van der Waals surface area (Å²) in [6.07, 6.45) is 0. The first-order valence-corrected chi connectivity index (χ1v) is 5.91. The number of methoxy groups -OCH3 is 1. The molecule has 1 aromatic rings. The third-order valence-electron chi connectivity index (χ3n) is 2.40. The van der Waals surface area contributed by atoms with E-state index in [9.17, 15) is 4.79 Å². The number of hydrogen-bond acceptors (Lipinski definition) is 4. The third kappa shape index (κ3) is 5.54. The number of carbonyl (C=O) groups is 1. The highest BCUT2D eigenvalue weighted by molar-refractivity contribution is 5.80. The van der Waals surface area contributed by atoms with Crippen LogP contribution in [0.5, 0.6) is 5.75 Å². The number of amides is 1. The summed E-state index contributed by atoms with van der Waals surface area (Å²) in [5, 5.41) is 5.89. The maximum Gasteiger partial charge on any atom is 0.239 e. The van der Waals surface area contributed by atoms with Crippen molar-refractivity contribution in [3.63, 3.8) is 0 Å². The lowest BCUT2D eigenvalue weighted by molar-refractivity contribution is -0.119. The van der Waals surface area contributed by atoms with Gasteiger partial charge in [0.2, 0.25) is 5.91 Å². The summed E-state index contributed by atoms with van der Waals surface area (Å²) in [7, 11) is 5.56. The van der Waals surface area contributed by atoms with E-state index in [1.807, 2.05) is 43.3 Å². The summed E-state index contributed by atoms with van der Waals surface area (Å²) >= 11 is 0. The molecule has 0 spiro atoms. The van der Waals surface area contributed by atoms with E-state index in [0.29, 0.717) is 6.54 Å². The molecule has 2 N–H and O–H groups in total. The zero-order valence-corrected chi connectivity index (χ0v) is 11.2. The van der Waals surface area contributed by atoms with Crippen LogP contribution in [0.3, 0.4) is 0 Å². The molecule has 0 saturated carbocycles. The second-order valence-electron chi connectivity index (χ2n) is 4.24. The van der Waals surface area contributed by atoms with E-state index in [4.69, 9.17) is 4.74 Å². The van der Waals surface area contributed by atoms with Crippen molar-refractivity contribution in [2.24, 2.45) is 0 Å². The van der Waals surface area contributed by atoms with Crippen LogP contribution in [0.2, 0.25) is 0 Å². The Morgan fingerprint density at radius 1 is 1.39 bits per heavy atom. The van der Waals surface area contributed by atoms with Gasteiger partial charge >= 0.3 is 0 Å². The van der Waals surface area contributed by atoms with Crippen LogP contribution in [0.4, 0.5) is 5.69 Å². The van der Waals surface area contributed by atoms with E-state index < -0.39 is 0 Å². The normalized spacial score (nSPS) is 10.2. The molecule has 0 aliphatic rings. The van der Waals surface area contributed by atoms with Crippen molar-refractivity contribution in [1.82, 2.24) is 10.2 Å². The Bertz CT molecular complexity index is 380. The van der Waals surface area contributed by atoms with Gasteiger partial charge in [-0.25, -0.2) is 0 Å². The predicted octanol–water partition coefficient (Wildman–Crippen LogP) is 0.785. The molecule has 0 bridgehead atoms. The molecule has 0 unspecified atom stereocenters. The van der Waals surface area contributed by atoms with Gasteiger partial charge in [-0.15, -0.1) is 0 Å². The topological polar surface area (TPSA) is 53.6 Å². The zero-order chi connectivity index (χ0) is 13.4. The van der Waals surface area contributed by atoms with Crippen LogP contribution < -0.4 is 15.4 Å². The minimum absolute atomic E-state index is 0.0142. The Kier molecular flexibility index (Phi) is 6.00. The summed E-state index contributed by atoms with van der Waals surface area (Å²) in [6.45, 7) is 1.76. The highest BCUT2D eigenvalue weighted by Crippen LogP contribution is 2.16. The average Bonchev–Trinajstić information content (AvgIpc) is 2.36. The molecule has 0 saturated heterocycles. The lowest BCUT2D eigenvalue weighted by Crippen LogP contribution is -2.34. The van der Waals surface area contributed by atoms with Crippen molar-refractivity contribution in [2.75, 3.05) is 46.2 Å². The fourth-order valence-electron chi connectivity index (χ4n) is 1.40. The van der Waals surface area contributed by atoms with Gasteiger partial charge in [-0.3, -0.25) is 4.79 Å². The first-order chi connectivity index (χ1) is 8.61. The molecule has 0 aromatic heterocycles. The lowest BCUT2D eigenvalue weighted by atomic mass is 10.3. The number of anilines is 1. The molecular formula is C13H21N3O2. The van der Waals surface area contributed by atoms with Gasteiger partial charge in [-0.2, -0.15) is 0 Å². The molecule has 1 amide bonds. The molecule has 0 heterocycles. The zero-order valence-electron chi connectivity index (χ0n) is 11.2. The Hall–Kier alpha value is -1.75. The van der Waals surface area contributed by atoms with E-state index in [1.54, 1.807) is 7.11 Å². The molecule has 100 valence electrons. The van der Waals surface area contributed by atoms with Crippen LogP contribution in [0.1, 0.15) is 0 Å². The van der Waals surface area contributed by atoms with Crippen molar-refractivity contribution < 1.29 is 9.53 Å². The maximum absolute atomic E-state index is 11.5. The molecule has 5 nitrogen and oxygen atoms in total. The molecule has 0 aliphatic carbocycles. The Balaban J connectivity index is 2.29. The SMILES string of the molecule is COc1cccc(NCC(=O)NCCN(C)C)c1. The van der Waals surface area contributed by atoms with Gasteiger partial charge in [0.1, 0.15) is 5.75 Å². The minimum atomic E-state index is -0.0142. The molecule has 1 aromatic carbocycles. The van der Waals surface area contributed by atoms with Crippen molar-refractivity contribution in [3.05, 3.63) is 24.3 Å². The summed E-state index contributed by atoms with van der Waals surface area (Å²) in [5.74, 6) is 0.757. The quantitative estimate of drug-likeness (QED) is 0.752. The van der Waals surface area contributed by atoms with Gasteiger partial charge in [0.25, 0.3) is 0 Å². The van der Waals surface area contributed by atoms with Crippen molar-refractivity contribution in [3.8, 4) is 5.75 Å². The highest BCUT2D eigenvalue weighted by atomic mass is 16.5. The minimum Gasteiger partial charge on any atom is -0.497 e. The van der Waals surface area contributed by atoms with Crippen LogP contribution >= 0.6 is 0 Å².